The van der Waals surface area contributed by atoms with Crippen molar-refractivity contribution in [3.05, 3.63) is 10.6 Å². The Morgan fingerprint density at radius 2 is 2.31 bits per heavy atom. The highest BCUT2D eigenvalue weighted by Crippen LogP contribution is 2.40. The van der Waals surface area contributed by atoms with E-state index in [9.17, 15) is 0 Å². The maximum absolute atomic E-state index is 5.73. The third-order valence-electron chi connectivity index (χ3n) is 3.59. The molecule has 2 heterocycles. The molecular formula is C11H17N3OS. The average molecular weight is 239 g/mol. The Kier molecular flexibility index (Phi) is 2.59. The molecule has 88 valence electrons. The Hall–Kier alpha value is -0.680. The van der Waals surface area contributed by atoms with Crippen LogP contribution in [0.25, 0.3) is 0 Å². The average Bonchev–Trinajstić information content (AvgIpc) is 2.89. The number of hydrogen-bond acceptors (Lipinski definition) is 3. The van der Waals surface area contributed by atoms with Crippen LogP contribution in [0.4, 0.5) is 0 Å². The molecule has 1 aromatic rings. The van der Waals surface area contributed by atoms with Crippen molar-refractivity contribution in [2.24, 2.45) is 0 Å². The molecule has 2 fully saturated rings. The first-order chi connectivity index (χ1) is 7.81. The van der Waals surface area contributed by atoms with Gasteiger partial charge >= 0.3 is 0 Å². The molecule has 2 unspecified atom stereocenters. The Balaban J connectivity index is 1.96. The molecule has 1 aromatic heterocycles. The summed E-state index contributed by atoms with van der Waals surface area (Å²) in [5, 5.41) is 7.36. The molecule has 2 aliphatic rings. The molecule has 0 radical (unpaired) electrons. The van der Waals surface area contributed by atoms with E-state index in [-0.39, 0.29) is 0 Å². The van der Waals surface area contributed by atoms with Crippen molar-refractivity contribution < 1.29 is 4.74 Å². The lowest BCUT2D eigenvalue weighted by Crippen LogP contribution is -2.17. The van der Waals surface area contributed by atoms with Gasteiger partial charge in [0.15, 0.2) is 4.77 Å². The third kappa shape index (κ3) is 1.62. The van der Waals surface area contributed by atoms with Crippen molar-refractivity contribution in [2.45, 2.75) is 50.7 Å². The lowest BCUT2D eigenvalue weighted by molar-refractivity contribution is 0.0988. The van der Waals surface area contributed by atoms with E-state index in [1.807, 2.05) is 0 Å². The fourth-order valence-electron chi connectivity index (χ4n) is 2.61. The van der Waals surface area contributed by atoms with Gasteiger partial charge in [0.25, 0.3) is 0 Å². The number of ether oxygens (including phenoxy) is 1. The van der Waals surface area contributed by atoms with Gasteiger partial charge in [-0.1, -0.05) is 6.92 Å². The molecule has 0 aromatic carbocycles. The molecule has 0 bridgehead atoms. The predicted molar refractivity (Wildman–Crippen MR) is 63.1 cm³/mol. The third-order valence-corrected chi connectivity index (χ3v) is 3.88. The quantitative estimate of drug-likeness (QED) is 0.824. The summed E-state index contributed by atoms with van der Waals surface area (Å²) in [5.74, 6) is 1.55. The zero-order valence-corrected chi connectivity index (χ0v) is 10.3. The second-order valence-electron chi connectivity index (χ2n) is 4.70. The zero-order valence-electron chi connectivity index (χ0n) is 9.48. The van der Waals surface area contributed by atoms with Crippen LogP contribution < -0.4 is 0 Å². The number of rotatable bonds is 3. The first-order valence-electron chi connectivity index (χ1n) is 6.09. The highest BCUT2D eigenvalue weighted by molar-refractivity contribution is 7.71. The van der Waals surface area contributed by atoms with Crippen LogP contribution in [0.15, 0.2) is 0 Å². The number of H-pyrrole nitrogens is 1. The monoisotopic (exact) mass is 239 g/mol. The second kappa shape index (κ2) is 3.96. The van der Waals surface area contributed by atoms with Gasteiger partial charge in [0.2, 0.25) is 0 Å². The normalized spacial score (nSPS) is 29.8. The Morgan fingerprint density at radius 1 is 1.50 bits per heavy atom. The lowest BCUT2D eigenvalue weighted by Gasteiger charge is -2.16. The van der Waals surface area contributed by atoms with Gasteiger partial charge in [-0.15, -0.1) is 0 Å². The van der Waals surface area contributed by atoms with Crippen molar-refractivity contribution in [2.75, 3.05) is 6.61 Å². The summed E-state index contributed by atoms with van der Waals surface area (Å²) in [6.45, 7) is 3.03. The van der Waals surface area contributed by atoms with Gasteiger partial charge in [-0.2, -0.15) is 5.10 Å². The van der Waals surface area contributed by atoms with E-state index in [1.165, 1.54) is 12.8 Å². The van der Waals surface area contributed by atoms with Crippen molar-refractivity contribution in [3.63, 3.8) is 0 Å². The number of nitrogens with one attached hydrogen (secondary N) is 1. The van der Waals surface area contributed by atoms with Crippen molar-refractivity contribution in [1.29, 1.82) is 0 Å². The summed E-state index contributed by atoms with van der Waals surface area (Å²) >= 11 is 5.30. The molecule has 1 saturated carbocycles. The van der Waals surface area contributed by atoms with E-state index in [1.54, 1.807) is 0 Å². The minimum absolute atomic E-state index is 0.322. The van der Waals surface area contributed by atoms with Crippen LogP contribution in [0.2, 0.25) is 0 Å². The minimum Gasteiger partial charge on any atom is -0.377 e. The predicted octanol–water partition coefficient (Wildman–Crippen LogP) is 2.56. The first-order valence-corrected chi connectivity index (χ1v) is 6.50. The molecule has 1 saturated heterocycles. The Labute approximate surface area is 100 Å². The molecule has 3 rings (SSSR count). The van der Waals surface area contributed by atoms with Crippen LogP contribution in [0.5, 0.6) is 0 Å². The fourth-order valence-corrected chi connectivity index (χ4v) is 2.90. The Bertz CT molecular complexity index is 435. The molecular weight excluding hydrogens is 222 g/mol. The highest BCUT2D eigenvalue weighted by Gasteiger charge is 2.35. The molecule has 1 aliphatic carbocycles. The van der Waals surface area contributed by atoms with E-state index < -0.39 is 0 Å². The van der Waals surface area contributed by atoms with E-state index in [0.29, 0.717) is 18.1 Å². The standard InChI is InChI=1S/C11H17N3OS/c1-2-9-8(5-6-15-9)10-12-13-11(16)14(10)7-3-4-7/h7-9H,2-6H2,1H3,(H,13,16). The summed E-state index contributed by atoms with van der Waals surface area (Å²) in [7, 11) is 0. The van der Waals surface area contributed by atoms with Gasteiger partial charge in [-0.25, -0.2) is 0 Å². The number of nitrogens with zero attached hydrogens (tertiary/aromatic N) is 2. The molecule has 1 aliphatic heterocycles. The van der Waals surface area contributed by atoms with Crippen LogP contribution in [-0.4, -0.2) is 27.5 Å². The van der Waals surface area contributed by atoms with Crippen molar-refractivity contribution >= 4 is 12.2 Å². The molecule has 0 amide bonds. The summed E-state index contributed by atoms with van der Waals surface area (Å²) in [6.07, 6.45) is 4.93. The highest BCUT2D eigenvalue weighted by atomic mass is 32.1. The Morgan fingerprint density at radius 3 is 3.00 bits per heavy atom. The van der Waals surface area contributed by atoms with E-state index in [4.69, 9.17) is 17.0 Å². The fraction of sp³-hybridized carbons (Fsp3) is 0.818. The van der Waals surface area contributed by atoms with Crippen LogP contribution in [0, 0.1) is 4.77 Å². The first kappa shape index (κ1) is 10.5. The lowest BCUT2D eigenvalue weighted by atomic mass is 9.99. The van der Waals surface area contributed by atoms with Gasteiger partial charge in [-0.05, 0) is 37.9 Å². The number of aromatic amines is 1. The number of hydrogen-bond donors (Lipinski definition) is 1. The van der Waals surface area contributed by atoms with Gasteiger partial charge in [0.1, 0.15) is 5.82 Å². The molecule has 5 heteroatoms. The summed E-state index contributed by atoms with van der Waals surface area (Å²) < 4.78 is 8.73. The molecule has 1 N–H and O–H groups in total. The maximum Gasteiger partial charge on any atom is 0.195 e. The summed E-state index contributed by atoms with van der Waals surface area (Å²) in [4.78, 5) is 0. The molecule has 0 spiro atoms. The number of aromatic nitrogens is 3. The molecule has 16 heavy (non-hydrogen) atoms. The smallest absolute Gasteiger partial charge is 0.195 e. The van der Waals surface area contributed by atoms with Crippen LogP contribution in [0.3, 0.4) is 0 Å². The summed E-state index contributed by atoms with van der Waals surface area (Å²) in [6, 6.07) is 0.597. The van der Waals surface area contributed by atoms with Crippen LogP contribution in [0.1, 0.15) is 50.4 Å². The topological polar surface area (TPSA) is 42.8 Å². The van der Waals surface area contributed by atoms with Gasteiger partial charge in [0, 0.05) is 18.6 Å². The summed E-state index contributed by atoms with van der Waals surface area (Å²) in [5.41, 5.74) is 0. The minimum atomic E-state index is 0.322. The van der Waals surface area contributed by atoms with E-state index >= 15 is 0 Å². The molecule has 2 atom stereocenters. The van der Waals surface area contributed by atoms with Crippen molar-refractivity contribution in [3.8, 4) is 0 Å². The largest absolute Gasteiger partial charge is 0.377 e. The molecule has 4 nitrogen and oxygen atoms in total. The second-order valence-corrected chi connectivity index (χ2v) is 5.09. The maximum atomic E-state index is 5.73. The van der Waals surface area contributed by atoms with E-state index in [0.717, 1.165) is 30.0 Å². The van der Waals surface area contributed by atoms with Crippen molar-refractivity contribution in [1.82, 2.24) is 14.8 Å². The zero-order chi connectivity index (χ0) is 11.1. The SMILES string of the molecule is CCC1OCCC1c1n[nH]c(=S)n1C1CC1. The van der Waals surface area contributed by atoms with Gasteiger partial charge < -0.3 is 9.30 Å². The van der Waals surface area contributed by atoms with Crippen LogP contribution >= 0.6 is 12.2 Å². The van der Waals surface area contributed by atoms with Gasteiger partial charge in [-0.3, -0.25) is 5.10 Å². The van der Waals surface area contributed by atoms with Crippen LogP contribution in [-0.2, 0) is 4.74 Å². The van der Waals surface area contributed by atoms with E-state index in [2.05, 4.69) is 21.7 Å². The van der Waals surface area contributed by atoms with Gasteiger partial charge in [0.05, 0.1) is 6.10 Å².